The number of methoxy groups -OCH3 is 1. The lowest BCUT2D eigenvalue weighted by Gasteiger charge is -2.23. The zero-order valence-electron chi connectivity index (χ0n) is 11.9. The number of carbonyl (C=O) groups is 1. The number of carbonyl (C=O) groups excluding carboxylic acids is 1. The summed E-state index contributed by atoms with van der Waals surface area (Å²) in [5.41, 5.74) is 1.11. The second kappa shape index (κ2) is 7.87. The van der Waals surface area contributed by atoms with E-state index in [9.17, 15) is 4.79 Å². The molecule has 1 unspecified atom stereocenters. The van der Waals surface area contributed by atoms with E-state index in [1.54, 1.807) is 7.11 Å². The van der Waals surface area contributed by atoms with E-state index in [1.165, 1.54) is 0 Å². The van der Waals surface area contributed by atoms with Crippen LogP contribution in [-0.2, 0) is 16.0 Å². The van der Waals surface area contributed by atoms with Gasteiger partial charge in [0, 0.05) is 25.6 Å². The van der Waals surface area contributed by atoms with Gasteiger partial charge in [0.2, 0.25) is 5.91 Å². The second-order valence-electron chi connectivity index (χ2n) is 4.84. The molecular formula is C15H22N2O3. The summed E-state index contributed by atoms with van der Waals surface area (Å²) in [5.74, 6) is 0.923. The van der Waals surface area contributed by atoms with Crippen molar-refractivity contribution in [2.24, 2.45) is 0 Å². The number of nitrogens with one attached hydrogen (secondary N) is 2. The highest BCUT2D eigenvalue weighted by molar-refractivity contribution is 5.76. The van der Waals surface area contributed by atoms with Gasteiger partial charge in [0.15, 0.2) is 0 Å². The fourth-order valence-electron chi connectivity index (χ4n) is 2.29. The van der Waals surface area contributed by atoms with E-state index in [-0.39, 0.29) is 11.9 Å². The van der Waals surface area contributed by atoms with Gasteiger partial charge in [-0.3, -0.25) is 4.79 Å². The van der Waals surface area contributed by atoms with E-state index >= 15 is 0 Å². The Bertz CT molecular complexity index is 431. The molecule has 1 atom stereocenters. The summed E-state index contributed by atoms with van der Waals surface area (Å²) in [6.45, 7) is 2.78. The highest BCUT2D eigenvalue weighted by atomic mass is 16.5. The normalized spacial score (nSPS) is 18.6. The van der Waals surface area contributed by atoms with E-state index < -0.39 is 0 Å². The maximum atomic E-state index is 11.8. The minimum atomic E-state index is 0.0582. The number of morpholine rings is 1. The Morgan fingerprint density at radius 3 is 3.10 bits per heavy atom. The van der Waals surface area contributed by atoms with E-state index in [1.807, 2.05) is 24.3 Å². The van der Waals surface area contributed by atoms with Crippen molar-refractivity contribution in [3.8, 4) is 5.75 Å². The zero-order chi connectivity index (χ0) is 14.2. The van der Waals surface area contributed by atoms with E-state index in [2.05, 4.69) is 10.6 Å². The summed E-state index contributed by atoms with van der Waals surface area (Å²) >= 11 is 0. The van der Waals surface area contributed by atoms with Gasteiger partial charge in [-0.05, 0) is 18.1 Å². The van der Waals surface area contributed by atoms with Crippen LogP contribution in [0.1, 0.15) is 12.0 Å². The van der Waals surface area contributed by atoms with Gasteiger partial charge >= 0.3 is 0 Å². The topological polar surface area (TPSA) is 59.6 Å². The SMILES string of the molecule is COc1ccccc1CCNC(=O)CC1COCCN1. The van der Waals surface area contributed by atoms with E-state index in [0.29, 0.717) is 19.6 Å². The minimum Gasteiger partial charge on any atom is -0.496 e. The summed E-state index contributed by atoms with van der Waals surface area (Å²) in [4.78, 5) is 11.8. The molecule has 0 aliphatic carbocycles. The lowest BCUT2D eigenvalue weighted by Crippen LogP contribution is -2.44. The number of ether oxygens (including phenoxy) is 2. The number of benzene rings is 1. The van der Waals surface area contributed by atoms with Crippen LogP contribution in [0.2, 0.25) is 0 Å². The highest BCUT2D eigenvalue weighted by Gasteiger charge is 2.16. The van der Waals surface area contributed by atoms with Crippen molar-refractivity contribution in [1.82, 2.24) is 10.6 Å². The van der Waals surface area contributed by atoms with Crippen LogP contribution in [-0.4, -0.2) is 45.4 Å². The van der Waals surface area contributed by atoms with E-state index in [4.69, 9.17) is 9.47 Å². The van der Waals surface area contributed by atoms with Gasteiger partial charge < -0.3 is 20.1 Å². The average Bonchev–Trinajstić information content (AvgIpc) is 2.49. The van der Waals surface area contributed by atoms with Gasteiger partial charge in [-0.2, -0.15) is 0 Å². The molecule has 2 rings (SSSR count). The number of para-hydroxylation sites is 1. The Morgan fingerprint density at radius 2 is 2.35 bits per heavy atom. The molecule has 0 radical (unpaired) electrons. The lowest BCUT2D eigenvalue weighted by molar-refractivity contribution is -0.122. The van der Waals surface area contributed by atoms with Gasteiger partial charge in [0.1, 0.15) is 5.75 Å². The summed E-state index contributed by atoms with van der Waals surface area (Å²) in [6.07, 6.45) is 1.23. The third-order valence-corrected chi connectivity index (χ3v) is 3.34. The molecule has 1 aliphatic rings. The van der Waals surface area contributed by atoms with E-state index in [0.717, 1.165) is 30.9 Å². The first-order valence-electron chi connectivity index (χ1n) is 6.99. The molecule has 5 heteroatoms. The zero-order valence-corrected chi connectivity index (χ0v) is 11.9. The van der Waals surface area contributed by atoms with Crippen molar-refractivity contribution in [2.75, 3.05) is 33.4 Å². The van der Waals surface area contributed by atoms with Crippen molar-refractivity contribution in [1.29, 1.82) is 0 Å². The van der Waals surface area contributed by atoms with Crippen molar-refractivity contribution in [3.63, 3.8) is 0 Å². The van der Waals surface area contributed by atoms with Gasteiger partial charge in [-0.1, -0.05) is 18.2 Å². The maximum absolute atomic E-state index is 11.8. The Morgan fingerprint density at radius 1 is 1.50 bits per heavy atom. The Balaban J connectivity index is 1.70. The standard InChI is InChI=1S/C15H22N2O3/c1-19-14-5-3-2-4-12(14)6-7-17-15(18)10-13-11-20-9-8-16-13/h2-5,13,16H,6-11H2,1H3,(H,17,18). The molecule has 1 heterocycles. The van der Waals surface area contributed by atoms with Crippen LogP contribution in [0, 0.1) is 0 Å². The van der Waals surface area contributed by atoms with Gasteiger partial charge in [-0.25, -0.2) is 0 Å². The van der Waals surface area contributed by atoms with Crippen LogP contribution < -0.4 is 15.4 Å². The summed E-state index contributed by atoms with van der Waals surface area (Å²) in [5, 5.41) is 6.21. The van der Waals surface area contributed by atoms with Crippen LogP contribution in [0.25, 0.3) is 0 Å². The molecule has 1 fully saturated rings. The molecule has 1 aliphatic heterocycles. The molecular weight excluding hydrogens is 256 g/mol. The smallest absolute Gasteiger partial charge is 0.221 e. The molecule has 1 aromatic rings. The van der Waals surface area contributed by atoms with Gasteiger partial charge in [0.25, 0.3) is 0 Å². The second-order valence-corrected chi connectivity index (χ2v) is 4.84. The molecule has 0 spiro atoms. The number of rotatable bonds is 6. The van der Waals surface area contributed by atoms with Crippen LogP contribution in [0.15, 0.2) is 24.3 Å². The number of hydrogen-bond acceptors (Lipinski definition) is 4. The Kier molecular flexibility index (Phi) is 5.83. The predicted molar refractivity (Wildman–Crippen MR) is 76.9 cm³/mol. The fraction of sp³-hybridized carbons (Fsp3) is 0.533. The first-order valence-corrected chi connectivity index (χ1v) is 6.99. The largest absolute Gasteiger partial charge is 0.496 e. The Labute approximate surface area is 119 Å². The highest BCUT2D eigenvalue weighted by Crippen LogP contribution is 2.17. The summed E-state index contributed by atoms with van der Waals surface area (Å²) < 4.78 is 10.6. The van der Waals surface area contributed by atoms with Crippen molar-refractivity contribution < 1.29 is 14.3 Å². The molecule has 20 heavy (non-hydrogen) atoms. The third-order valence-electron chi connectivity index (χ3n) is 3.34. The summed E-state index contributed by atoms with van der Waals surface area (Å²) in [6, 6.07) is 8.00. The Hall–Kier alpha value is -1.59. The quantitative estimate of drug-likeness (QED) is 0.805. The summed E-state index contributed by atoms with van der Waals surface area (Å²) in [7, 11) is 1.66. The monoisotopic (exact) mass is 278 g/mol. The van der Waals surface area contributed by atoms with Gasteiger partial charge in [-0.15, -0.1) is 0 Å². The van der Waals surface area contributed by atoms with Crippen molar-refractivity contribution in [2.45, 2.75) is 18.9 Å². The van der Waals surface area contributed by atoms with Crippen molar-refractivity contribution >= 4 is 5.91 Å². The average molecular weight is 278 g/mol. The number of hydrogen-bond donors (Lipinski definition) is 2. The molecule has 1 saturated heterocycles. The molecule has 110 valence electrons. The number of amides is 1. The molecule has 0 aromatic heterocycles. The van der Waals surface area contributed by atoms with Gasteiger partial charge in [0.05, 0.1) is 20.3 Å². The van der Waals surface area contributed by atoms with Crippen LogP contribution in [0.4, 0.5) is 0 Å². The maximum Gasteiger partial charge on any atom is 0.221 e. The lowest BCUT2D eigenvalue weighted by atomic mass is 10.1. The first kappa shape index (κ1) is 14.8. The van der Waals surface area contributed by atoms with Crippen LogP contribution in [0.3, 0.4) is 0 Å². The molecule has 1 aromatic carbocycles. The molecule has 0 saturated carbocycles. The fourth-order valence-corrected chi connectivity index (χ4v) is 2.29. The third kappa shape index (κ3) is 4.51. The molecule has 0 bridgehead atoms. The molecule has 2 N–H and O–H groups in total. The first-order chi connectivity index (χ1) is 9.79. The molecule has 1 amide bonds. The van der Waals surface area contributed by atoms with Crippen LogP contribution in [0.5, 0.6) is 5.75 Å². The van der Waals surface area contributed by atoms with Crippen molar-refractivity contribution in [3.05, 3.63) is 29.8 Å². The van der Waals surface area contributed by atoms with Crippen LogP contribution >= 0.6 is 0 Å². The predicted octanol–water partition coefficient (Wildman–Crippen LogP) is 0.732. The molecule has 5 nitrogen and oxygen atoms in total. The minimum absolute atomic E-state index is 0.0582.